The molecule has 3 N–H and O–H groups in total. The third kappa shape index (κ3) is 6.20. The Morgan fingerprint density at radius 1 is 1.08 bits per heavy atom. The van der Waals surface area contributed by atoms with Crippen LogP contribution in [0.3, 0.4) is 0 Å². The highest BCUT2D eigenvalue weighted by Crippen LogP contribution is 2.30. The van der Waals surface area contributed by atoms with Crippen LogP contribution in [0.1, 0.15) is 27.7 Å². The van der Waals surface area contributed by atoms with Gasteiger partial charge in [0, 0.05) is 5.69 Å². The van der Waals surface area contributed by atoms with Crippen molar-refractivity contribution in [3.05, 3.63) is 83.6 Å². The van der Waals surface area contributed by atoms with Gasteiger partial charge >= 0.3 is 5.97 Å². The highest BCUT2D eigenvalue weighted by atomic mass is 16.5. The van der Waals surface area contributed by atoms with Crippen LogP contribution in [0.4, 0.5) is 17.6 Å². The summed E-state index contributed by atoms with van der Waals surface area (Å²) in [7, 11) is 2.77. The number of nitrogens with zero attached hydrogens (tertiary/aromatic N) is 4. The number of anilines is 3. The summed E-state index contributed by atoms with van der Waals surface area (Å²) in [5.74, 6) is 1.11. The molecule has 0 spiro atoms. The summed E-state index contributed by atoms with van der Waals surface area (Å²) >= 11 is 0. The van der Waals surface area contributed by atoms with Crippen molar-refractivity contribution in [2.75, 3.05) is 25.3 Å². The van der Waals surface area contributed by atoms with E-state index in [0.29, 0.717) is 22.8 Å². The van der Waals surface area contributed by atoms with Crippen LogP contribution in [-0.2, 0) is 11.3 Å². The lowest BCUT2D eigenvalue weighted by atomic mass is 10.1. The third-order valence-electron chi connectivity index (χ3n) is 4.96. The Bertz CT molecular complexity index is 1480. The minimum Gasteiger partial charge on any atom is -0.493 e. The maximum atomic E-state index is 11.5. The Morgan fingerprint density at radius 2 is 1.89 bits per heavy atom. The molecule has 0 bridgehead atoms. The van der Waals surface area contributed by atoms with E-state index in [1.807, 2.05) is 30.3 Å². The van der Waals surface area contributed by atoms with Crippen molar-refractivity contribution in [2.45, 2.75) is 6.61 Å². The van der Waals surface area contributed by atoms with E-state index in [9.17, 15) is 10.1 Å². The summed E-state index contributed by atoms with van der Waals surface area (Å²) in [6, 6.07) is 19.7. The number of nitrogen functional groups attached to an aromatic ring is 1. The van der Waals surface area contributed by atoms with Crippen molar-refractivity contribution in [1.29, 1.82) is 5.26 Å². The van der Waals surface area contributed by atoms with Gasteiger partial charge in [-0.05, 0) is 48.0 Å². The van der Waals surface area contributed by atoms with E-state index in [4.69, 9.17) is 19.6 Å². The molecular weight excluding hydrogens is 476 g/mol. The number of aromatic nitrogens is 3. The highest BCUT2D eigenvalue weighted by molar-refractivity contribution is 5.88. The summed E-state index contributed by atoms with van der Waals surface area (Å²) in [5.41, 5.74) is 7.44. The lowest BCUT2D eigenvalue weighted by molar-refractivity contribution is 0.0561. The van der Waals surface area contributed by atoms with E-state index in [-0.39, 0.29) is 35.7 Å². The van der Waals surface area contributed by atoms with Gasteiger partial charge < -0.3 is 29.7 Å². The summed E-state index contributed by atoms with van der Waals surface area (Å²) in [6.07, 6.45) is 1.60. The topological polar surface area (TPSA) is 158 Å². The Kier molecular flexibility index (Phi) is 7.60. The van der Waals surface area contributed by atoms with Crippen LogP contribution in [-0.4, -0.2) is 35.1 Å². The number of nitriles is 1. The van der Waals surface area contributed by atoms with Gasteiger partial charge in [-0.2, -0.15) is 20.2 Å². The zero-order chi connectivity index (χ0) is 26.2. The minimum atomic E-state index is -0.573. The molecule has 0 fully saturated rings. The SMILES string of the molecule is COC(=O)c1ccc(COc2ccc(/C=C(\C#N)c3nc(N)nc(Nc4ccccc4)n3)cc2OC)o1. The average Bonchev–Trinajstić information content (AvgIpc) is 3.39. The second-order valence-corrected chi connectivity index (χ2v) is 7.46. The summed E-state index contributed by atoms with van der Waals surface area (Å²) in [6.45, 7) is 0.0628. The van der Waals surface area contributed by atoms with Gasteiger partial charge in [-0.3, -0.25) is 0 Å². The molecule has 186 valence electrons. The number of hydrogen-bond donors (Lipinski definition) is 2. The number of carbonyl (C=O) groups excluding carboxylic acids is 1. The zero-order valence-corrected chi connectivity index (χ0v) is 20.0. The van der Waals surface area contributed by atoms with Crippen LogP contribution in [0.2, 0.25) is 0 Å². The molecule has 0 atom stereocenters. The van der Waals surface area contributed by atoms with Crippen LogP contribution in [0.15, 0.2) is 65.1 Å². The van der Waals surface area contributed by atoms with E-state index in [1.165, 1.54) is 20.3 Å². The van der Waals surface area contributed by atoms with Crippen LogP contribution >= 0.6 is 0 Å². The number of methoxy groups -OCH3 is 2. The van der Waals surface area contributed by atoms with Crippen molar-refractivity contribution >= 4 is 35.2 Å². The lowest BCUT2D eigenvalue weighted by Crippen LogP contribution is -2.06. The summed E-state index contributed by atoms with van der Waals surface area (Å²) in [5, 5.41) is 12.8. The number of para-hydroxylation sites is 1. The van der Waals surface area contributed by atoms with E-state index in [2.05, 4.69) is 31.1 Å². The molecule has 0 aliphatic carbocycles. The van der Waals surface area contributed by atoms with E-state index in [0.717, 1.165) is 5.69 Å². The number of benzene rings is 2. The Morgan fingerprint density at radius 3 is 2.62 bits per heavy atom. The van der Waals surface area contributed by atoms with Crippen LogP contribution < -0.4 is 20.5 Å². The first-order valence-electron chi connectivity index (χ1n) is 10.9. The van der Waals surface area contributed by atoms with Crippen LogP contribution in [0, 0.1) is 11.3 Å². The number of esters is 1. The van der Waals surface area contributed by atoms with Crippen molar-refractivity contribution in [2.24, 2.45) is 0 Å². The zero-order valence-electron chi connectivity index (χ0n) is 20.0. The molecule has 4 rings (SSSR count). The number of ether oxygens (including phenoxy) is 3. The molecule has 11 nitrogen and oxygen atoms in total. The number of rotatable bonds is 9. The maximum absolute atomic E-state index is 11.5. The number of furan rings is 1. The van der Waals surface area contributed by atoms with Gasteiger partial charge in [-0.15, -0.1) is 0 Å². The maximum Gasteiger partial charge on any atom is 0.373 e. The Labute approximate surface area is 212 Å². The molecule has 37 heavy (non-hydrogen) atoms. The number of hydrogen-bond acceptors (Lipinski definition) is 11. The van der Waals surface area contributed by atoms with Crippen molar-refractivity contribution in [3.8, 4) is 17.6 Å². The number of nitrogens with one attached hydrogen (secondary N) is 1. The molecule has 2 heterocycles. The molecule has 11 heteroatoms. The van der Waals surface area contributed by atoms with Crippen molar-refractivity contribution in [1.82, 2.24) is 15.0 Å². The van der Waals surface area contributed by atoms with Gasteiger partial charge in [0.15, 0.2) is 17.3 Å². The fraction of sp³-hybridized carbons (Fsp3) is 0.115. The second kappa shape index (κ2) is 11.4. The highest BCUT2D eigenvalue weighted by Gasteiger charge is 2.14. The van der Waals surface area contributed by atoms with E-state index in [1.54, 1.807) is 30.3 Å². The predicted molar refractivity (Wildman–Crippen MR) is 135 cm³/mol. The monoisotopic (exact) mass is 498 g/mol. The molecule has 2 aromatic heterocycles. The Hall–Kier alpha value is -5.37. The molecule has 0 saturated carbocycles. The number of nitrogens with two attached hydrogens (primary N) is 1. The number of carbonyl (C=O) groups is 1. The molecule has 0 aliphatic rings. The van der Waals surface area contributed by atoms with Gasteiger partial charge in [0.05, 0.1) is 19.8 Å². The van der Waals surface area contributed by atoms with Gasteiger partial charge in [0.2, 0.25) is 17.7 Å². The standard InChI is InChI=1S/C26H22N6O5/c1-34-22-13-16(8-10-20(22)36-15-19-9-11-21(37-19)24(33)35-2)12-17(14-27)23-30-25(28)32-26(31-23)29-18-6-4-3-5-7-18/h3-13H,15H2,1-2H3,(H3,28,29,30,31,32)/b17-12+. The molecular formula is C26H22N6O5. The van der Waals surface area contributed by atoms with Crippen molar-refractivity contribution in [3.63, 3.8) is 0 Å². The normalized spacial score (nSPS) is 10.9. The smallest absolute Gasteiger partial charge is 0.373 e. The van der Waals surface area contributed by atoms with E-state index >= 15 is 0 Å². The number of allylic oxidation sites excluding steroid dienone is 1. The first-order chi connectivity index (χ1) is 18.0. The molecule has 2 aromatic carbocycles. The molecule has 4 aromatic rings. The van der Waals surface area contributed by atoms with Gasteiger partial charge in [-0.1, -0.05) is 24.3 Å². The van der Waals surface area contributed by atoms with E-state index < -0.39 is 5.97 Å². The molecule has 0 saturated heterocycles. The largest absolute Gasteiger partial charge is 0.493 e. The van der Waals surface area contributed by atoms with Gasteiger partial charge in [0.25, 0.3) is 0 Å². The average molecular weight is 498 g/mol. The van der Waals surface area contributed by atoms with Gasteiger partial charge in [0.1, 0.15) is 18.4 Å². The second-order valence-electron chi connectivity index (χ2n) is 7.46. The Balaban J connectivity index is 1.54. The lowest BCUT2D eigenvalue weighted by Gasteiger charge is -2.11. The summed E-state index contributed by atoms with van der Waals surface area (Å²) in [4.78, 5) is 24.1. The molecule has 0 amide bonds. The third-order valence-corrected chi connectivity index (χ3v) is 4.96. The predicted octanol–water partition coefficient (Wildman–Crippen LogP) is 4.23. The summed E-state index contributed by atoms with van der Waals surface area (Å²) < 4.78 is 21.3. The van der Waals surface area contributed by atoms with Gasteiger partial charge in [-0.25, -0.2) is 4.79 Å². The van der Waals surface area contributed by atoms with Crippen LogP contribution in [0.25, 0.3) is 11.6 Å². The molecule has 0 unspecified atom stereocenters. The fourth-order valence-electron chi connectivity index (χ4n) is 3.24. The van der Waals surface area contributed by atoms with Crippen molar-refractivity contribution < 1.29 is 23.4 Å². The minimum absolute atomic E-state index is 0.0285. The fourth-order valence-corrected chi connectivity index (χ4v) is 3.24. The first-order valence-corrected chi connectivity index (χ1v) is 10.9. The molecule has 0 aliphatic heterocycles. The molecule has 0 radical (unpaired) electrons. The first kappa shape index (κ1) is 24.7. The quantitative estimate of drug-likeness (QED) is 0.251. The van der Waals surface area contributed by atoms with Crippen LogP contribution in [0.5, 0.6) is 11.5 Å².